The molecule has 0 aliphatic carbocycles. The van der Waals surface area contributed by atoms with Crippen molar-refractivity contribution >= 4 is 22.9 Å². The average Bonchev–Trinajstić information content (AvgIpc) is 2.73. The first-order valence-electron chi connectivity index (χ1n) is 10.3. The van der Waals surface area contributed by atoms with Crippen LogP contribution < -0.4 is 15.7 Å². The molecular formula is C23H29NO8. The zero-order valence-corrected chi connectivity index (χ0v) is 18.6. The molecule has 2 heterocycles. The highest BCUT2D eigenvalue weighted by atomic mass is 16.5. The molecule has 174 valence electrons. The van der Waals surface area contributed by atoms with Crippen LogP contribution in [0.3, 0.4) is 0 Å². The van der Waals surface area contributed by atoms with Crippen molar-refractivity contribution in [2.75, 3.05) is 26.3 Å². The largest absolute Gasteiger partial charge is 0.490 e. The van der Waals surface area contributed by atoms with E-state index >= 15 is 0 Å². The summed E-state index contributed by atoms with van der Waals surface area (Å²) >= 11 is 0. The number of fused-ring (bicyclic) bond motifs is 1. The highest BCUT2D eigenvalue weighted by molar-refractivity contribution is 5.89. The summed E-state index contributed by atoms with van der Waals surface area (Å²) in [6, 6.07) is 3.92. The highest BCUT2D eigenvalue weighted by Crippen LogP contribution is 2.31. The lowest BCUT2D eigenvalue weighted by Crippen LogP contribution is -2.41. The van der Waals surface area contributed by atoms with Gasteiger partial charge in [-0.2, -0.15) is 0 Å². The van der Waals surface area contributed by atoms with Gasteiger partial charge in [-0.25, -0.2) is 14.4 Å². The van der Waals surface area contributed by atoms with Crippen LogP contribution >= 0.6 is 0 Å². The van der Waals surface area contributed by atoms with Crippen LogP contribution in [0.15, 0.2) is 33.5 Å². The number of carboxylic acid groups (broad SMARTS) is 2. The first-order valence-corrected chi connectivity index (χ1v) is 10.3. The summed E-state index contributed by atoms with van der Waals surface area (Å²) in [6.45, 7) is 10.8. The Kier molecular flexibility index (Phi) is 8.98. The number of morpholine rings is 1. The van der Waals surface area contributed by atoms with Gasteiger partial charge in [-0.15, -0.1) is 0 Å². The molecule has 0 radical (unpaired) electrons. The Morgan fingerprint density at radius 2 is 1.84 bits per heavy atom. The molecule has 1 saturated heterocycles. The van der Waals surface area contributed by atoms with Gasteiger partial charge in [0.2, 0.25) is 0 Å². The molecule has 0 amide bonds. The number of aliphatic carboxylic acids is 2. The molecule has 0 spiro atoms. The molecule has 3 rings (SSSR count). The van der Waals surface area contributed by atoms with Crippen LogP contribution in [0.25, 0.3) is 11.0 Å². The molecule has 1 atom stereocenters. The number of aryl methyl sites for hydroxylation is 2. The van der Waals surface area contributed by atoms with Crippen molar-refractivity contribution in [3.8, 4) is 5.75 Å². The second kappa shape index (κ2) is 11.4. The molecule has 9 heteroatoms. The van der Waals surface area contributed by atoms with Crippen LogP contribution in [0.1, 0.15) is 36.5 Å². The predicted octanol–water partition coefficient (Wildman–Crippen LogP) is 2.61. The molecule has 1 aliphatic heterocycles. The molecular weight excluding hydrogens is 418 g/mol. The highest BCUT2D eigenvalue weighted by Gasteiger charge is 2.18. The van der Waals surface area contributed by atoms with E-state index in [9.17, 15) is 14.4 Å². The van der Waals surface area contributed by atoms with E-state index in [1.807, 2.05) is 39.8 Å². The van der Waals surface area contributed by atoms with Crippen LogP contribution in [-0.4, -0.2) is 54.6 Å². The summed E-state index contributed by atoms with van der Waals surface area (Å²) in [7, 11) is 0. The quantitative estimate of drug-likeness (QED) is 0.451. The monoisotopic (exact) mass is 447 g/mol. The van der Waals surface area contributed by atoms with Gasteiger partial charge in [-0.3, -0.25) is 0 Å². The van der Waals surface area contributed by atoms with E-state index in [4.69, 9.17) is 24.1 Å². The zero-order valence-electron chi connectivity index (χ0n) is 18.6. The fourth-order valence-corrected chi connectivity index (χ4v) is 3.42. The Morgan fingerprint density at radius 1 is 1.19 bits per heavy atom. The molecule has 2 aromatic rings. The van der Waals surface area contributed by atoms with E-state index in [2.05, 4.69) is 5.32 Å². The van der Waals surface area contributed by atoms with E-state index in [1.165, 1.54) is 0 Å². The van der Waals surface area contributed by atoms with Crippen molar-refractivity contribution in [2.45, 2.75) is 39.7 Å². The van der Waals surface area contributed by atoms with Crippen molar-refractivity contribution in [2.24, 2.45) is 0 Å². The number of benzene rings is 1. The molecule has 9 nitrogen and oxygen atoms in total. The molecule has 1 aromatic carbocycles. The number of carbonyl (C=O) groups is 2. The summed E-state index contributed by atoms with van der Waals surface area (Å²) in [5, 5.41) is 19.9. The maximum atomic E-state index is 12.3. The van der Waals surface area contributed by atoms with Gasteiger partial charge in [0.05, 0.1) is 6.61 Å². The van der Waals surface area contributed by atoms with Crippen molar-refractivity contribution in [3.05, 3.63) is 51.4 Å². The predicted molar refractivity (Wildman–Crippen MR) is 119 cm³/mol. The third-order valence-electron chi connectivity index (χ3n) is 4.95. The number of hydrogen-bond acceptors (Lipinski definition) is 7. The SMILES string of the molecule is Cc1c(C(C)C)c(=O)oc2c(C)c(OCC3CNCCO3)ccc12.O=C(O)/C=C/C(=O)O. The Morgan fingerprint density at radius 3 is 2.38 bits per heavy atom. The van der Waals surface area contributed by atoms with Crippen molar-refractivity contribution in [1.29, 1.82) is 0 Å². The van der Waals surface area contributed by atoms with Gasteiger partial charge in [0, 0.05) is 41.8 Å². The Bertz CT molecular complexity index is 1030. The van der Waals surface area contributed by atoms with E-state index in [-0.39, 0.29) is 17.6 Å². The van der Waals surface area contributed by atoms with Crippen LogP contribution in [-0.2, 0) is 14.3 Å². The van der Waals surface area contributed by atoms with Crippen molar-refractivity contribution in [3.63, 3.8) is 0 Å². The molecule has 32 heavy (non-hydrogen) atoms. The standard InChI is InChI=1S/C19H25NO4.C4H4O4/c1-11(2)17-12(3)15-5-6-16(13(4)18(15)24-19(17)21)23-10-14-9-20-7-8-22-14;5-3(6)1-2-4(7)8/h5-6,11,14,20H,7-10H2,1-4H3;1-2H,(H,5,6)(H,7,8)/b;2-1+. The zero-order chi connectivity index (χ0) is 23.8. The summed E-state index contributed by atoms with van der Waals surface area (Å²) in [5.41, 5.74) is 2.95. The summed E-state index contributed by atoms with van der Waals surface area (Å²) in [4.78, 5) is 31.4. The van der Waals surface area contributed by atoms with Gasteiger partial charge in [0.25, 0.3) is 0 Å². The fourth-order valence-electron chi connectivity index (χ4n) is 3.42. The molecule has 1 unspecified atom stereocenters. The van der Waals surface area contributed by atoms with E-state index in [0.717, 1.165) is 40.9 Å². The van der Waals surface area contributed by atoms with Crippen molar-refractivity contribution in [1.82, 2.24) is 5.32 Å². The lowest BCUT2D eigenvalue weighted by molar-refractivity contribution is -0.134. The van der Waals surface area contributed by atoms with Gasteiger partial charge >= 0.3 is 17.6 Å². The Balaban J connectivity index is 0.000000390. The molecule has 0 bridgehead atoms. The number of ether oxygens (including phenoxy) is 2. The Hall–Kier alpha value is -3.17. The van der Waals surface area contributed by atoms with Crippen molar-refractivity contribution < 1.29 is 33.7 Å². The summed E-state index contributed by atoms with van der Waals surface area (Å²) < 4.78 is 17.2. The molecule has 1 fully saturated rings. The van der Waals surface area contributed by atoms with Crippen LogP contribution in [0.4, 0.5) is 0 Å². The molecule has 1 aliphatic rings. The molecule has 0 saturated carbocycles. The van der Waals surface area contributed by atoms with Gasteiger partial charge in [-0.1, -0.05) is 13.8 Å². The van der Waals surface area contributed by atoms with E-state index < -0.39 is 11.9 Å². The lowest BCUT2D eigenvalue weighted by Gasteiger charge is -2.24. The van der Waals surface area contributed by atoms with Gasteiger partial charge in [0.15, 0.2) is 0 Å². The maximum absolute atomic E-state index is 12.3. The first kappa shape index (κ1) is 25.1. The summed E-state index contributed by atoms with van der Waals surface area (Å²) in [6.07, 6.45) is 1.16. The second-order valence-electron chi connectivity index (χ2n) is 7.67. The number of hydrogen-bond donors (Lipinski definition) is 3. The average molecular weight is 447 g/mol. The van der Waals surface area contributed by atoms with E-state index in [1.54, 1.807) is 0 Å². The third kappa shape index (κ3) is 6.66. The number of rotatable bonds is 6. The number of nitrogens with one attached hydrogen (secondary N) is 1. The Labute approximate surface area is 185 Å². The number of carboxylic acids is 2. The van der Waals surface area contributed by atoms with Gasteiger partial charge in [0.1, 0.15) is 24.0 Å². The second-order valence-corrected chi connectivity index (χ2v) is 7.67. The topological polar surface area (TPSA) is 135 Å². The first-order chi connectivity index (χ1) is 15.1. The lowest BCUT2D eigenvalue weighted by atomic mass is 9.96. The van der Waals surface area contributed by atoms with E-state index in [0.29, 0.717) is 30.9 Å². The van der Waals surface area contributed by atoms with Gasteiger partial charge in [-0.05, 0) is 37.5 Å². The van der Waals surface area contributed by atoms with Gasteiger partial charge < -0.3 is 29.4 Å². The normalized spacial score (nSPS) is 16.1. The molecule has 1 aromatic heterocycles. The minimum absolute atomic E-state index is 0.0471. The minimum Gasteiger partial charge on any atom is -0.490 e. The maximum Gasteiger partial charge on any atom is 0.339 e. The van der Waals surface area contributed by atoms with Crippen LogP contribution in [0.2, 0.25) is 0 Å². The minimum atomic E-state index is -1.26. The summed E-state index contributed by atoms with van der Waals surface area (Å²) in [5.74, 6) is -1.64. The van der Waals surface area contributed by atoms with Crippen LogP contribution in [0, 0.1) is 13.8 Å². The molecule has 3 N–H and O–H groups in total. The third-order valence-corrected chi connectivity index (χ3v) is 4.95. The van der Waals surface area contributed by atoms with Crippen LogP contribution in [0.5, 0.6) is 5.75 Å². The smallest absolute Gasteiger partial charge is 0.339 e. The fraction of sp³-hybridized carbons (Fsp3) is 0.435.